The molecule has 1 aliphatic carbocycles. The zero-order chi connectivity index (χ0) is 29.4. The van der Waals surface area contributed by atoms with Crippen LogP contribution in [0.3, 0.4) is 0 Å². The number of hydrogen-bond donors (Lipinski definition) is 2. The fraction of sp³-hybridized carbons (Fsp3) is 0.419. The zero-order valence-corrected chi connectivity index (χ0v) is 25.5. The molecule has 2 aromatic carbocycles. The molecule has 0 spiro atoms. The third kappa shape index (κ3) is 6.19. The van der Waals surface area contributed by atoms with E-state index in [0.29, 0.717) is 53.9 Å². The lowest BCUT2D eigenvalue weighted by Crippen LogP contribution is -2.60. The maximum Gasteiger partial charge on any atom is 0.252 e. The Morgan fingerprint density at radius 1 is 1.17 bits per heavy atom. The monoisotopic (exact) mass is 632 g/mol. The number of piperazine rings is 1. The number of oxazole rings is 1. The first-order valence-corrected chi connectivity index (χ1v) is 15.4. The van der Waals surface area contributed by atoms with Gasteiger partial charge in [0.1, 0.15) is 6.26 Å². The largest absolute Gasteiger partial charge is 0.489 e. The Morgan fingerprint density at radius 2 is 2.00 bits per heavy atom. The van der Waals surface area contributed by atoms with Crippen molar-refractivity contribution in [3.05, 3.63) is 85.8 Å². The number of aromatic nitrogens is 1. The number of halogens is 4. The molecule has 7 nitrogen and oxygen atoms in total. The van der Waals surface area contributed by atoms with E-state index >= 15 is 0 Å². The summed E-state index contributed by atoms with van der Waals surface area (Å²) in [6.45, 7) is 3.90. The quantitative estimate of drug-likeness (QED) is 0.253. The highest BCUT2D eigenvalue weighted by Crippen LogP contribution is 2.37. The zero-order valence-electron chi connectivity index (χ0n) is 23.2. The Balaban J connectivity index is 1.21. The summed E-state index contributed by atoms with van der Waals surface area (Å²) in [5.41, 5.74) is 3.85. The van der Waals surface area contributed by atoms with Gasteiger partial charge in [0.2, 0.25) is 5.89 Å². The average molecular weight is 634 g/mol. The highest BCUT2D eigenvalue weighted by Gasteiger charge is 2.42. The van der Waals surface area contributed by atoms with E-state index in [1.807, 2.05) is 17.0 Å². The van der Waals surface area contributed by atoms with E-state index in [2.05, 4.69) is 10.6 Å². The Labute approximate surface area is 259 Å². The third-order valence-electron chi connectivity index (χ3n) is 8.03. The highest BCUT2D eigenvalue weighted by molar-refractivity contribution is 6.42. The van der Waals surface area contributed by atoms with Crippen molar-refractivity contribution in [1.82, 2.24) is 20.5 Å². The maximum atomic E-state index is 14.3. The van der Waals surface area contributed by atoms with Crippen molar-refractivity contribution >= 4 is 46.3 Å². The molecule has 11 heteroatoms. The molecule has 3 aliphatic rings. The Morgan fingerprint density at radius 3 is 2.81 bits per heavy atom. The van der Waals surface area contributed by atoms with Crippen LogP contribution in [0.2, 0.25) is 15.1 Å². The van der Waals surface area contributed by atoms with E-state index in [4.69, 9.17) is 48.9 Å². The number of fused-ring (bicyclic) bond motifs is 2. The van der Waals surface area contributed by atoms with Crippen molar-refractivity contribution in [2.24, 2.45) is 0 Å². The number of benzene rings is 2. The summed E-state index contributed by atoms with van der Waals surface area (Å²) in [5, 5.41) is 8.30. The number of aryl methyl sites for hydroxylation is 2. The molecule has 2 N–H and O–H groups in total. The second-order valence-corrected chi connectivity index (χ2v) is 12.3. The van der Waals surface area contributed by atoms with Crippen LogP contribution in [0.15, 0.2) is 46.6 Å². The van der Waals surface area contributed by atoms with Gasteiger partial charge in [0.25, 0.3) is 5.91 Å². The summed E-state index contributed by atoms with van der Waals surface area (Å²) in [6, 6.07) is 8.66. The molecule has 222 valence electrons. The number of nitrogens with one attached hydrogen (secondary N) is 2. The number of nitrogens with zero attached hydrogens (tertiary/aromatic N) is 2. The van der Waals surface area contributed by atoms with Gasteiger partial charge in [-0.1, -0.05) is 53.0 Å². The van der Waals surface area contributed by atoms with Gasteiger partial charge in [-0.25, -0.2) is 9.37 Å². The van der Waals surface area contributed by atoms with Crippen LogP contribution >= 0.6 is 34.8 Å². The van der Waals surface area contributed by atoms with E-state index in [0.717, 1.165) is 41.8 Å². The fourth-order valence-electron chi connectivity index (χ4n) is 5.68. The Bertz CT molecular complexity index is 1520. The molecule has 1 amide bonds. The standard InChI is InChI=1S/C31H32Cl3FN4O3/c1-17-7-10-24(35)29(27(17)33)41-11-3-5-19-16-42-30(38-19)22-12-20-13-36-14-25(37-20)26(22)31(40)39(21-8-9-21)15-18-4-2-6-23(32)28(18)34/h2,4,6-7,10,16,20-21,25,36-37H,3,5,8-9,11-15H2,1H3. The first kappa shape index (κ1) is 29.5. The summed E-state index contributed by atoms with van der Waals surface area (Å²) in [5.74, 6) is 0.0209. The molecule has 2 aliphatic heterocycles. The van der Waals surface area contributed by atoms with Crippen molar-refractivity contribution in [3.63, 3.8) is 0 Å². The van der Waals surface area contributed by atoms with Gasteiger partial charge in [0.15, 0.2) is 11.6 Å². The molecule has 2 atom stereocenters. The van der Waals surface area contributed by atoms with Crippen molar-refractivity contribution in [2.75, 3.05) is 19.7 Å². The molecule has 0 radical (unpaired) electrons. The summed E-state index contributed by atoms with van der Waals surface area (Å²) < 4.78 is 25.8. The molecule has 2 unspecified atom stereocenters. The van der Waals surface area contributed by atoms with Crippen molar-refractivity contribution in [3.8, 4) is 5.75 Å². The number of ether oxygens (including phenoxy) is 1. The van der Waals surface area contributed by atoms with Gasteiger partial charge in [-0.05, 0) is 62.3 Å². The minimum atomic E-state index is -0.484. The SMILES string of the molecule is Cc1ccc(F)c(OCCCc2coc(C3=C(C(=O)N(Cc4cccc(Cl)c4Cl)C4CC4)C4CNCC(C3)N4)n2)c1Cl. The van der Waals surface area contributed by atoms with Gasteiger partial charge in [0, 0.05) is 42.9 Å². The van der Waals surface area contributed by atoms with Crippen LogP contribution in [0, 0.1) is 12.7 Å². The molecule has 3 heterocycles. The summed E-state index contributed by atoms with van der Waals surface area (Å²) in [6.07, 6.45) is 5.31. The molecule has 1 saturated heterocycles. The molecule has 2 bridgehead atoms. The van der Waals surface area contributed by atoms with Gasteiger partial charge in [-0.15, -0.1) is 0 Å². The third-order valence-corrected chi connectivity index (χ3v) is 9.35. The number of carbonyl (C=O) groups excluding carboxylic acids is 1. The van der Waals surface area contributed by atoms with Crippen LogP contribution in [0.5, 0.6) is 5.75 Å². The lowest BCUT2D eigenvalue weighted by atomic mass is 9.86. The van der Waals surface area contributed by atoms with Crippen molar-refractivity contribution in [2.45, 2.75) is 63.7 Å². The lowest BCUT2D eigenvalue weighted by molar-refractivity contribution is -0.128. The molecule has 1 aromatic heterocycles. The highest BCUT2D eigenvalue weighted by atomic mass is 35.5. The number of hydrogen-bond acceptors (Lipinski definition) is 6. The van der Waals surface area contributed by atoms with Crippen LogP contribution in [0.4, 0.5) is 4.39 Å². The van der Waals surface area contributed by atoms with Crippen LogP contribution in [-0.4, -0.2) is 53.6 Å². The van der Waals surface area contributed by atoms with Crippen molar-refractivity contribution < 1.29 is 18.3 Å². The molecule has 6 rings (SSSR count). The van der Waals surface area contributed by atoms with Gasteiger partial charge >= 0.3 is 0 Å². The van der Waals surface area contributed by atoms with Crippen LogP contribution in [0.1, 0.15) is 48.4 Å². The molecular formula is C31H32Cl3FN4O3. The van der Waals surface area contributed by atoms with Crippen LogP contribution in [0.25, 0.3) is 5.57 Å². The van der Waals surface area contributed by atoms with Gasteiger partial charge in [-0.3, -0.25) is 4.79 Å². The van der Waals surface area contributed by atoms with E-state index in [-0.39, 0.29) is 41.4 Å². The predicted molar refractivity (Wildman–Crippen MR) is 162 cm³/mol. The normalized spacial score (nSPS) is 20.1. The topological polar surface area (TPSA) is 79.6 Å². The van der Waals surface area contributed by atoms with Gasteiger partial charge < -0.3 is 24.7 Å². The Kier molecular flexibility index (Phi) is 8.80. The molecule has 42 heavy (non-hydrogen) atoms. The van der Waals surface area contributed by atoms with Crippen LogP contribution < -0.4 is 15.4 Å². The second kappa shape index (κ2) is 12.5. The molecule has 2 fully saturated rings. The fourth-order valence-corrected chi connectivity index (χ4v) is 6.27. The van der Waals surface area contributed by atoms with Gasteiger partial charge in [0.05, 0.1) is 33.4 Å². The summed E-state index contributed by atoms with van der Waals surface area (Å²) >= 11 is 19.0. The number of amides is 1. The summed E-state index contributed by atoms with van der Waals surface area (Å²) in [7, 11) is 0. The first-order valence-electron chi connectivity index (χ1n) is 14.3. The number of rotatable bonds is 10. The first-order chi connectivity index (χ1) is 20.3. The maximum absolute atomic E-state index is 14.3. The minimum absolute atomic E-state index is 0.0339. The van der Waals surface area contributed by atoms with E-state index in [1.54, 1.807) is 25.3 Å². The smallest absolute Gasteiger partial charge is 0.252 e. The van der Waals surface area contributed by atoms with E-state index in [9.17, 15) is 9.18 Å². The van der Waals surface area contributed by atoms with Gasteiger partial charge in [-0.2, -0.15) is 0 Å². The molecular weight excluding hydrogens is 602 g/mol. The average Bonchev–Trinajstić information content (AvgIpc) is 3.71. The lowest BCUT2D eigenvalue weighted by Gasteiger charge is -2.40. The predicted octanol–water partition coefficient (Wildman–Crippen LogP) is 6.37. The molecule has 3 aromatic rings. The van der Waals surface area contributed by atoms with E-state index < -0.39 is 5.82 Å². The molecule has 1 saturated carbocycles. The van der Waals surface area contributed by atoms with Crippen molar-refractivity contribution in [1.29, 1.82) is 0 Å². The summed E-state index contributed by atoms with van der Waals surface area (Å²) in [4.78, 5) is 21.0. The number of carbonyl (C=O) groups is 1. The Hall–Kier alpha value is -2.62. The second-order valence-electron chi connectivity index (χ2n) is 11.2. The van der Waals surface area contributed by atoms with E-state index in [1.165, 1.54) is 6.07 Å². The van der Waals surface area contributed by atoms with Crippen LogP contribution in [-0.2, 0) is 17.8 Å². The minimum Gasteiger partial charge on any atom is -0.489 e.